The molecule has 0 saturated carbocycles. The lowest BCUT2D eigenvalue weighted by Crippen LogP contribution is -1.85. The van der Waals surface area contributed by atoms with E-state index in [1.807, 2.05) is 48.5 Å². The lowest BCUT2D eigenvalue weighted by molar-refractivity contribution is 0.691. The van der Waals surface area contributed by atoms with Gasteiger partial charge in [-0.15, -0.1) is 0 Å². The Bertz CT molecular complexity index is 523. The van der Waals surface area contributed by atoms with E-state index in [2.05, 4.69) is 31.9 Å². The van der Waals surface area contributed by atoms with Crippen molar-refractivity contribution in [2.75, 3.05) is 0 Å². The highest BCUT2D eigenvalue weighted by atomic mass is 79.9. The Labute approximate surface area is 123 Å². The highest BCUT2D eigenvalue weighted by Gasteiger charge is 2.06. The van der Waals surface area contributed by atoms with E-state index in [1.165, 1.54) is 10.8 Å². The molecule has 1 nitrogen and oxygen atoms in total. The van der Waals surface area contributed by atoms with E-state index in [4.69, 9.17) is 0 Å². The molecule has 0 unspecified atom stereocenters. The van der Waals surface area contributed by atoms with Gasteiger partial charge in [0.25, 0.3) is 0 Å². The maximum absolute atomic E-state index is 12.1. The highest BCUT2D eigenvalue weighted by molar-refractivity contribution is 9.10. The molecule has 0 spiro atoms. The minimum absolute atomic E-state index is 0.820. The van der Waals surface area contributed by atoms with E-state index in [9.17, 15) is 4.21 Å². The first-order chi connectivity index (χ1) is 8.15. The van der Waals surface area contributed by atoms with Gasteiger partial charge < -0.3 is 0 Å². The molecule has 0 N–H and O–H groups in total. The van der Waals surface area contributed by atoms with Crippen molar-refractivity contribution in [2.45, 2.75) is 9.79 Å². The van der Waals surface area contributed by atoms with Crippen molar-refractivity contribution in [3.63, 3.8) is 0 Å². The van der Waals surface area contributed by atoms with Crippen molar-refractivity contribution in [1.82, 2.24) is 0 Å². The van der Waals surface area contributed by atoms with Crippen molar-refractivity contribution in [3.05, 3.63) is 57.5 Å². The lowest BCUT2D eigenvalue weighted by atomic mass is 10.4. The van der Waals surface area contributed by atoms with Crippen LogP contribution in [0.15, 0.2) is 67.3 Å². The van der Waals surface area contributed by atoms with Crippen LogP contribution in [0.4, 0.5) is 0 Å². The molecule has 0 amide bonds. The molecule has 0 heterocycles. The van der Waals surface area contributed by atoms with Crippen LogP contribution in [0.3, 0.4) is 0 Å². The number of rotatable bonds is 3. The summed E-state index contributed by atoms with van der Waals surface area (Å²) in [4.78, 5) is 1.82. The third kappa shape index (κ3) is 3.95. The largest absolute Gasteiger partial charge is 0.242 e. The van der Waals surface area contributed by atoms with Crippen LogP contribution in [0.1, 0.15) is 0 Å². The van der Waals surface area contributed by atoms with Crippen LogP contribution < -0.4 is 0 Å². The van der Waals surface area contributed by atoms with Crippen LogP contribution in [0, 0.1) is 0 Å². The molecule has 2 aromatic rings. The van der Waals surface area contributed by atoms with Gasteiger partial charge in [0.2, 0.25) is 0 Å². The number of hydrogen-bond donors (Lipinski definition) is 0. The molecule has 5 heteroatoms. The van der Waals surface area contributed by atoms with Gasteiger partial charge in [-0.1, -0.05) is 31.9 Å². The van der Waals surface area contributed by atoms with E-state index in [0.717, 1.165) is 18.7 Å². The fraction of sp³-hybridized carbons (Fsp3) is 0. The van der Waals surface area contributed by atoms with Crippen LogP contribution in [0.2, 0.25) is 0 Å². The minimum atomic E-state index is -1.07. The maximum atomic E-state index is 12.1. The van der Waals surface area contributed by atoms with Gasteiger partial charge in [0, 0.05) is 13.8 Å². The van der Waals surface area contributed by atoms with Gasteiger partial charge in [-0.3, -0.25) is 0 Å². The zero-order chi connectivity index (χ0) is 12.3. The molecule has 0 aromatic heterocycles. The van der Waals surface area contributed by atoms with Crippen LogP contribution in [0.25, 0.3) is 0 Å². The first-order valence-electron chi connectivity index (χ1n) is 4.76. The van der Waals surface area contributed by atoms with E-state index in [-0.39, 0.29) is 0 Å². The van der Waals surface area contributed by atoms with Crippen LogP contribution in [0.5, 0.6) is 0 Å². The molecule has 0 radical (unpaired) electrons. The summed E-state index contributed by atoms with van der Waals surface area (Å²) in [5, 5.41) is 0. The summed E-state index contributed by atoms with van der Waals surface area (Å²) >= 11 is 6.73. The van der Waals surface area contributed by atoms with E-state index >= 15 is 0 Å². The lowest BCUT2D eigenvalue weighted by Gasteiger charge is -2.02. The first-order valence-corrected chi connectivity index (χ1v) is 8.83. The molecular formula is C12H8Br2OS2. The van der Waals surface area contributed by atoms with Crippen molar-refractivity contribution in [3.8, 4) is 0 Å². The average molecular weight is 392 g/mol. The van der Waals surface area contributed by atoms with Gasteiger partial charge in [0.05, 0.1) is 4.90 Å². The minimum Gasteiger partial charge on any atom is -0.242 e. The quantitative estimate of drug-likeness (QED) is 0.682. The average Bonchev–Trinajstić information content (AvgIpc) is 2.33. The zero-order valence-electron chi connectivity index (χ0n) is 8.60. The molecular weight excluding hydrogens is 384 g/mol. The van der Waals surface area contributed by atoms with Crippen molar-refractivity contribution < 1.29 is 4.21 Å². The predicted octanol–water partition coefficient (Wildman–Crippen LogP) is 5.03. The van der Waals surface area contributed by atoms with Crippen molar-refractivity contribution in [2.24, 2.45) is 0 Å². The number of halogens is 2. The fourth-order valence-corrected chi connectivity index (χ4v) is 4.06. The Morgan fingerprint density at radius 2 is 1.29 bits per heavy atom. The Morgan fingerprint density at radius 3 is 1.82 bits per heavy atom. The topological polar surface area (TPSA) is 17.1 Å². The molecule has 0 aliphatic carbocycles. The molecule has 2 aromatic carbocycles. The summed E-state index contributed by atoms with van der Waals surface area (Å²) in [6.07, 6.45) is 0. The Kier molecular flexibility index (Phi) is 4.85. The molecule has 2 rings (SSSR count). The van der Waals surface area contributed by atoms with Gasteiger partial charge in [0.1, 0.15) is 9.83 Å². The molecule has 88 valence electrons. The van der Waals surface area contributed by atoms with Crippen molar-refractivity contribution >= 4 is 52.5 Å². The molecule has 0 fully saturated rings. The van der Waals surface area contributed by atoms with E-state index in [1.54, 1.807) is 0 Å². The first kappa shape index (κ1) is 13.3. The molecule has 0 bridgehead atoms. The third-order valence-corrected chi connectivity index (χ3v) is 5.93. The SMILES string of the molecule is O=[S@](Sc1ccc(Br)cc1)c1ccc(Br)cc1. The Hall–Kier alpha value is -0.100. The number of hydrogen-bond acceptors (Lipinski definition) is 2. The third-order valence-electron chi connectivity index (χ3n) is 1.99. The van der Waals surface area contributed by atoms with E-state index in [0.29, 0.717) is 0 Å². The smallest absolute Gasteiger partial charge is 0.117 e. The standard InChI is InChI=1S/C12H8Br2OS2/c13-9-1-5-11(6-2-9)16-17(15)12-7-3-10(14)4-8-12/h1-8H/t17-/m1/s1. The van der Waals surface area contributed by atoms with Gasteiger partial charge >= 0.3 is 0 Å². The summed E-state index contributed by atoms with van der Waals surface area (Å²) < 4.78 is 14.1. The summed E-state index contributed by atoms with van der Waals surface area (Å²) in [5.41, 5.74) is 0. The number of benzene rings is 2. The summed E-state index contributed by atoms with van der Waals surface area (Å²) in [7, 11) is 0.279. The zero-order valence-corrected chi connectivity index (χ0v) is 13.4. The Balaban J connectivity index is 2.11. The molecule has 0 aliphatic heterocycles. The predicted molar refractivity (Wildman–Crippen MR) is 80.5 cm³/mol. The van der Waals surface area contributed by atoms with E-state index < -0.39 is 9.83 Å². The van der Waals surface area contributed by atoms with Crippen LogP contribution >= 0.6 is 42.7 Å². The van der Waals surface area contributed by atoms with Gasteiger partial charge in [0.15, 0.2) is 0 Å². The van der Waals surface area contributed by atoms with Crippen molar-refractivity contribution in [1.29, 1.82) is 0 Å². The van der Waals surface area contributed by atoms with Gasteiger partial charge in [-0.2, -0.15) is 0 Å². The molecule has 1 atom stereocenters. The van der Waals surface area contributed by atoms with Crippen LogP contribution in [-0.2, 0) is 9.83 Å². The second-order valence-electron chi connectivity index (χ2n) is 3.23. The second-order valence-corrected chi connectivity index (χ2v) is 8.04. The monoisotopic (exact) mass is 390 g/mol. The Morgan fingerprint density at radius 1 is 0.824 bits per heavy atom. The second kappa shape index (κ2) is 6.18. The summed E-state index contributed by atoms with van der Waals surface area (Å²) in [6, 6.07) is 15.3. The summed E-state index contributed by atoms with van der Waals surface area (Å²) in [6.45, 7) is 0. The van der Waals surface area contributed by atoms with Gasteiger partial charge in [-0.25, -0.2) is 4.21 Å². The molecule has 0 saturated heterocycles. The molecule has 17 heavy (non-hydrogen) atoms. The normalized spacial score (nSPS) is 12.4. The summed E-state index contributed by atoms with van der Waals surface area (Å²) in [5.74, 6) is 0. The van der Waals surface area contributed by atoms with Crippen LogP contribution in [-0.4, -0.2) is 4.21 Å². The maximum Gasteiger partial charge on any atom is 0.117 e. The highest BCUT2D eigenvalue weighted by Crippen LogP contribution is 2.28. The molecule has 0 aliphatic rings. The van der Waals surface area contributed by atoms with Gasteiger partial charge in [-0.05, 0) is 59.3 Å². The fourth-order valence-electron chi connectivity index (χ4n) is 1.17.